The van der Waals surface area contributed by atoms with E-state index in [0.29, 0.717) is 12.0 Å². The molecule has 2 nitrogen and oxygen atoms in total. The summed E-state index contributed by atoms with van der Waals surface area (Å²) in [5, 5.41) is 13.6. The zero-order valence-electron chi connectivity index (χ0n) is 12.4. The van der Waals surface area contributed by atoms with Gasteiger partial charge < -0.3 is 10.4 Å². The molecular formula is C17H27NO. The summed E-state index contributed by atoms with van der Waals surface area (Å²) in [7, 11) is 0. The maximum Gasteiger partial charge on any atom is 0.0580 e. The van der Waals surface area contributed by atoms with Gasteiger partial charge in [0.25, 0.3) is 0 Å². The molecule has 1 aliphatic carbocycles. The normalized spacial score (nSPS) is 25.3. The average Bonchev–Trinajstić information content (AvgIpc) is 2.37. The summed E-state index contributed by atoms with van der Waals surface area (Å²) < 4.78 is 0. The summed E-state index contributed by atoms with van der Waals surface area (Å²) in [5.41, 5.74) is 4.04. The van der Waals surface area contributed by atoms with Crippen molar-refractivity contribution in [3.63, 3.8) is 0 Å². The summed E-state index contributed by atoms with van der Waals surface area (Å²) in [5.74, 6) is 0.432. The molecule has 3 atom stereocenters. The van der Waals surface area contributed by atoms with Crippen LogP contribution in [0.4, 0.5) is 0 Å². The van der Waals surface area contributed by atoms with Gasteiger partial charge >= 0.3 is 0 Å². The van der Waals surface area contributed by atoms with Crippen molar-refractivity contribution in [2.24, 2.45) is 5.92 Å². The lowest BCUT2D eigenvalue weighted by Crippen LogP contribution is -2.35. The van der Waals surface area contributed by atoms with Crippen LogP contribution in [0.5, 0.6) is 0 Å². The summed E-state index contributed by atoms with van der Waals surface area (Å²) in [6.07, 6.45) is 4.48. The van der Waals surface area contributed by atoms with Gasteiger partial charge in [0.15, 0.2) is 0 Å². The molecular weight excluding hydrogens is 234 g/mol. The third-order valence-corrected chi connectivity index (χ3v) is 4.45. The van der Waals surface area contributed by atoms with Gasteiger partial charge in [-0.25, -0.2) is 0 Å². The molecule has 0 heterocycles. The third-order valence-electron chi connectivity index (χ3n) is 4.45. The maximum absolute atomic E-state index is 10.0. The molecule has 1 aromatic carbocycles. The molecule has 2 N–H and O–H groups in total. The van der Waals surface area contributed by atoms with Crippen molar-refractivity contribution in [2.75, 3.05) is 6.54 Å². The quantitative estimate of drug-likeness (QED) is 0.869. The summed E-state index contributed by atoms with van der Waals surface area (Å²) in [6.45, 7) is 7.45. The Bertz CT molecular complexity index is 416. The Kier molecular flexibility index (Phi) is 5.00. The van der Waals surface area contributed by atoms with E-state index in [-0.39, 0.29) is 6.10 Å². The molecule has 0 amide bonds. The van der Waals surface area contributed by atoms with Crippen LogP contribution in [0, 0.1) is 19.8 Å². The van der Waals surface area contributed by atoms with E-state index in [9.17, 15) is 5.11 Å². The van der Waals surface area contributed by atoms with Crippen LogP contribution in [0.2, 0.25) is 0 Å². The highest BCUT2D eigenvalue weighted by Crippen LogP contribution is 2.25. The smallest absolute Gasteiger partial charge is 0.0580 e. The molecule has 1 aromatic rings. The molecule has 2 heteroatoms. The molecule has 0 bridgehead atoms. The maximum atomic E-state index is 10.0. The van der Waals surface area contributed by atoms with Crippen molar-refractivity contribution in [3.05, 3.63) is 34.9 Å². The Morgan fingerprint density at radius 1 is 1.26 bits per heavy atom. The van der Waals surface area contributed by atoms with Gasteiger partial charge in [-0.2, -0.15) is 0 Å². The van der Waals surface area contributed by atoms with E-state index < -0.39 is 0 Å². The number of hydrogen-bond donors (Lipinski definition) is 2. The molecule has 19 heavy (non-hydrogen) atoms. The lowest BCUT2D eigenvalue weighted by atomic mass is 9.86. The van der Waals surface area contributed by atoms with E-state index in [4.69, 9.17) is 0 Å². The van der Waals surface area contributed by atoms with E-state index in [1.54, 1.807) is 0 Å². The van der Waals surface area contributed by atoms with Crippen LogP contribution in [0.3, 0.4) is 0 Å². The number of hydrogen-bond acceptors (Lipinski definition) is 2. The lowest BCUT2D eigenvalue weighted by Gasteiger charge is -2.29. The zero-order valence-corrected chi connectivity index (χ0v) is 12.4. The van der Waals surface area contributed by atoms with Crippen LogP contribution < -0.4 is 5.32 Å². The average molecular weight is 261 g/mol. The molecule has 0 radical (unpaired) electrons. The SMILES string of the molecule is Cc1ccc(C(C)NCC2CCCCC2O)c(C)c1. The number of nitrogens with one attached hydrogen (secondary N) is 1. The standard InChI is InChI=1S/C17H27NO/c1-12-8-9-16(13(2)10-12)14(3)18-11-15-6-4-5-7-17(15)19/h8-10,14-15,17-19H,4-7,11H2,1-3H3. The molecule has 0 aromatic heterocycles. The third kappa shape index (κ3) is 3.80. The first-order chi connectivity index (χ1) is 9.08. The number of rotatable bonds is 4. The number of aliphatic hydroxyl groups is 1. The first-order valence-corrected chi connectivity index (χ1v) is 7.56. The molecule has 3 unspecified atom stereocenters. The highest BCUT2D eigenvalue weighted by molar-refractivity contribution is 5.32. The van der Waals surface area contributed by atoms with Gasteiger partial charge in [0.05, 0.1) is 6.10 Å². The van der Waals surface area contributed by atoms with E-state index in [2.05, 4.69) is 44.3 Å². The highest BCUT2D eigenvalue weighted by atomic mass is 16.3. The van der Waals surface area contributed by atoms with E-state index in [1.165, 1.54) is 29.5 Å². The largest absolute Gasteiger partial charge is 0.393 e. The minimum Gasteiger partial charge on any atom is -0.393 e. The zero-order chi connectivity index (χ0) is 13.8. The van der Waals surface area contributed by atoms with Crippen LogP contribution >= 0.6 is 0 Å². The molecule has 0 saturated heterocycles. The minimum absolute atomic E-state index is 0.104. The van der Waals surface area contributed by atoms with E-state index in [0.717, 1.165) is 19.4 Å². The van der Waals surface area contributed by atoms with Crippen molar-refractivity contribution in [1.82, 2.24) is 5.32 Å². The van der Waals surface area contributed by atoms with Crippen molar-refractivity contribution < 1.29 is 5.11 Å². The molecule has 1 fully saturated rings. The second-order valence-electron chi connectivity index (χ2n) is 6.10. The second kappa shape index (κ2) is 6.53. The topological polar surface area (TPSA) is 32.3 Å². The summed E-state index contributed by atoms with van der Waals surface area (Å²) in [6, 6.07) is 6.99. The fraction of sp³-hybridized carbons (Fsp3) is 0.647. The van der Waals surface area contributed by atoms with Gasteiger partial charge in [-0.3, -0.25) is 0 Å². The van der Waals surface area contributed by atoms with Gasteiger partial charge in [-0.15, -0.1) is 0 Å². The molecule has 106 valence electrons. The fourth-order valence-corrected chi connectivity index (χ4v) is 3.18. The van der Waals surface area contributed by atoms with Gasteiger partial charge in [0.2, 0.25) is 0 Å². The first kappa shape index (κ1) is 14.5. The van der Waals surface area contributed by atoms with Gasteiger partial charge in [-0.1, -0.05) is 36.6 Å². The number of aryl methyl sites for hydroxylation is 2. The first-order valence-electron chi connectivity index (χ1n) is 7.56. The van der Waals surface area contributed by atoms with E-state index >= 15 is 0 Å². The number of benzene rings is 1. The summed E-state index contributed by atoms with van der Waals surface area (Å²) >= 11 is 0. The van der Waals surface area contributed by atoms with Crippen LogP contribution in [0.1, 0.15) is 55.3 Å². The Morgan fingerprint density at radius 3 is 2.68 bits per heavy atom. The van der Waals surface area contributed by atoms with E-state index in [1.807, 2.05) is 0 Å². The van der Waals surface area contributed by atoms with Crippen LogP contribution in [-0.2, 0) is 0 Å². The predicted octanol–water partition coefficient (Wildman–Crippen LogP) is 3.51. The van der Waals surface area contributed by atoms with Gasteiger partial charge in [0, 0.05) is 12.6 Å². The van der Waals surface area contributed by atoms with Crippen LogP contribution in [0.25, 0.3) is 0 Å². The highest BCUT2D eigenvalue weighted by Gasteiger charge is 2.23. The fourth-order valence-electron chi connectivity index (χ4n) is 3.18. The monoisotopic (exact) mass is 261 g/mol. The number of aliphatic hydroxyl groups excluding tert-OH is 1. The minimum atomic E-state index is -0.104. The Hall–Kier alpha value is -0.860. The van der Waals surface area contributed by atoms with Crippen molar-refractivity contribution >= 4 is 0 Å². The Morgan fingerprint density at radius 2 is 2.00 bits per heavy atom. The Labute approximate surface area is 117 Å². The summed E-state index contributed by atoms with van der Waals surface area (Å²) in [4.78, 5) is 0. The molecule has 2 rings (SSSR count). The Balaban J connectivity index is 1.91. The van der Waals surface area contributed by atoms with Crippen molar-refractivity contribution in [3.8, 4) is 0 Å². The molecule has 0 aliphatic heterocycles. The predicted molar refractivity (Wildman–Crippen MR) is 80.3 cm³/mol. The van der Waals surface area contributed by atoms with Crippen molar-refractivity contribution in [1.29, 1.82) is 0 Å². The van der Waals surface area contributed by atoms with Crippen LogP contribution in [0.15, 0.2) is 18.2 Å². The second-order valence-corrected chi connectivity index (χ2v) is 6.10. The lowest BCUT2D eigenvalue weighted by molar-refractivity contribution is 0.0684. The van der Waals surface area contributed by atoms with Gasteiger partial charge in [-0.05, 0) is 50.7 Å². The van der Waals surface area contributed by atoms with Crippen molar-refractivity contribution in [2.45, 2.75) is 58.6 Å². The molecule has 1 aliphatic rings. The molecule has 1 saturated carbocycles. The van der Waals surface area contributed by atoms with Crippen LogP contribution in [-0.4, -0.2) is 17.8 Å². The van der Waals surface area contributed by atoms with Gasteiger partial charge in [0.1, 0.15) is 0 Å². The molecule has 0 spiro atoms.